The first-order valence-corrected chi connectivity index (χ1v) is 6.49. The predicted molar refractivity (Wildman–Crippen MR) is 70.4 cm³/mol. The van der Waals surface area contributed by atoms with Gasteiger partial charge in [-0.25, -0.2) is 0 Å². The Kier molecular flexibility index (Phi) is 2.33. The highest BCUT2D eigenvalue weighted by atomic mass is 79.9. The molecule has 1 atom stereocenters. The van der Waals surface area contributed by atoms with Crippen LogP contribution >= 0.6 is 15.9 Å². The first-order chi connectivity index (χ1) is 7.66. The predicted octanol–water partition coefficient (Wildman–Crippen LogP) is 3.65. The molecule has 84 valence electrons. The van der Waals surface area contributed by atoms with Crippen LogP contribution in [0, 0.1) is 12.8 Å². The average Bonchev–Trinajstić information content (AvgIpc) is 3.01. The van der Waals surface area contributed by atoms with Crippen molar-refractivity contribution in [2.75, 3.05) is 0 Å². The molecule has 2 nitrogen and oxygen atoms in total. The number of benzene rings is 1. The number of hydrogen-bond donors (Lipinski definition) is 2. The van der Waals surface area contributed by atoms with Gasteiger partial charge in [0.1, 0.15) is 0 Å². The van der Waals surface area contributed by atoms with E-state index in [4.69, 9.17) is 5.73 Å². The van der Waals surface area contributed by atoms with Gasteiger partial charge in [-0.1, -0.05) is 15.9 Å². The number of H-pyrrole nitrogens is 1. The number of rotatable bonds is 2. The summed E-state index contributed by atoms with van der Waals surface area (Å²) in [5, 5.41) is 1.27. The number of hydrogen-bond acceptors (Lipinski definition) is 1. The molecule has 1 heterocycles. The fourth-order valence-electron chi connectivity index (χ4n) is 2.44. The van der Waals surface area contributed by atoms with E-state index in [1.165, 1.54) is 35.0 Å². The third kappa shape index (κ3) is 1.59. The van der Waals surface area contributed by atoms with Gasteiger partial charge in [-0.05, 0) is 49.4 Å². The first kappa shape index (κ1) is 10.4. The highest BCUT2D eigenvalue weighted by Gasteiger charge is 2.31. The zero-order valence-electron chi connectivity index (χ0n) is 9.26. The van der Waals surface area contributed by atoms with Crippen molar-refractivity contribution in [1.82, 2.24) is 4.98 Å². The quantitative estimate of drug-likeness (QED) is 0.865. The molecule has 1 aliphatic rings. The van der Waals surface area contributed by atoms with Crippen LogP contribution in [-0.4, -0.2) is 4.98 Å². The summed E-state index contributed by atoms with van der Waals surface area (Å²) in [7, 11) is 0. The molecule has 0 bridgehead atoms. The Balaban J connectivity index is 2.20. The Morgan fingerprint density at radius 3 is 2.88 bits per heavy atom. The normalized spacial score (nSPS) is 17.9. The van der Waals surface area contributed by atoms with Crippen LogP contribution in [-0.2, 0) is 0 Å². The van der Waals surface area contributed by atoms with E-state index in [0.717, 1.165) is 4.47 Å². The van der Waals surface area contributed by atoms with E-state index in [2.05, 4.69) is 46.0 Å². The van der Waals surface area contributed by atoms with Crippen LogP contribution in [0.4, 0.5) is 0 Å². The lowest BCUT2D eigenvalue weighted by Gasteiger charge is -2.10. The third-order valence-electron chi connectivity index (χ3n) is 3.46. The molecule has 1 aromatic heterocycles. The second-order valence-electron chi connectivity index (χ2n) is 4.72. The lowest BCUT2D eigenvalue weighted by Crippen LogP contribution is -2.13. The molecular weight excluding hydrogens is 264 g/mol. The van der Waals surface area contributed by atoms with Crippen molar-refractivity contribution >= 4 is 26.8 Å². The van der Waals surface area contributed by atoms with Gasteiger partial charge < -0.3 is 10.7 Å². The van der Waals surface area contributed by atoms with Gasteiger partial charge in [-0.3, -0.25) is 0 Å². The molecule has 1 unspecified atom stereocenters. The van der Waals surface area contributed by atoms with Crippen LogP contribution in [0.25, 0.3) is 10.9 Å². The smallest absolute Gasteiger partial charge is 0.0460 e. The second kappa shape index (κ2) is 3.60. The van der Waals surface area contributed by atoms with Crippen molar-refractivity contribution in [3.05, 3.63) is 33.9 Å². The molecule has 0 aliphatic heterocycles. The van der Waals surface area contributed by atoms with Gasteiger partial charge in [0.25, 0.3) is 0 Å². The number of aromatic nitrogens is 1. The molecule has 3 heteroatoms. The number of nitrogens with one attached hydrogen (secondary N) is 1. The third-order valence-corrected chi connectivity index (χ3v) is 3.95. The van der Waals surface area contributed by atoms with E-state index in [0.29, 0.717) is 5.92 Å². The molecule has 0 amide bonds. The summed E-state index contributed by atoms with van der Waals surface area (Å²) in [4.78, 5) is 3.42. The zero-order chi connectivity index (χ0) is 11.3. The Hall–Kier alpha value is -0.800. The van der Waals surface area contributed by atoms with Crippen molar-refractivity contribution < 1.29 is 0 Å². The summed E-state index contributed by atoms with van der Waals surface area (Å²) in [6.07, 6.45) is 2.56. The highest BCUT2D eigenvalue weighted by Crippen LogP contribution is 2.42. The molecule has 2 aromatic rings. The largest absolute Gasteiger partial charge is 0.358 e. The van der Waals surface area contributed by atoms with Crippen molar-refractivity contribution in [3.63, 3.8) is 0 Å². The molecule has 1 aliphatic carbocycles. The summed E-state index contributed by atoms with van der Waals surface area (Å²) < 4.78 is 1.11. The van der Waals surface area contributed by atoms with Crippen LogP contribution in [0.1, 0.15) is 30.1 Å². The number of aryl methyl sites for hydroxylation is 1. The van der Waals surface area contributed by atoms with Gasteiger partial charge in [-0.2, -0.15) is 0 Å². The number of aromatic amines is 1. The van der Waals surface area contributed by atoms with E-state index in [1.807, 2.05) is 0 Å². The first-order valence-electron chi connectivity index (χ1n) is 5.70. The van der Waals surface area contributed by atoms with Crippen LogP contribution in [0.3, 0.4) is 0 Å². The maximum atomic E-state index is 6.33. The molecule has 3 rings (SSSR count). The van der Waals surface area contributed by atoms with Gasteiger partial charge in [0, 0.05) is 27.1 Å². The standard InChI is InChI=1S/C13H15BrN2/c1-7-12(13(15)8-2-3-8)10-6-9(14)4-5-11(10)16-7/h4-6,8,13,16H,2-3,15H2,1H3. The Bertz CT molecular complexity index is 540. The minimum absolute atomic E-state index is 0.197. The fraction of sp³-hybridized carbons (Fsp3) is 0.385. The van der Waals surface area contributed by atoms with Crippen LogP contribution in [0.15, 0.2) is 22.7 Å². The second-order valence-corrected chi connectivity index (χ2v) is 5.63. The molecule has 0 saturated heterocycles. The highest BCUT2D eigenvalue weighted by molar-refractivity contribution is 9.10. The van der Waals surface area contributed by atoms with Gasteiger partial charge in [-0.15, -0.1) is 0 Å². The van der Waals surface area contributed by atoms with E-state index in [1.54, 1.807) is 0 Å². The summed E-state index contributed by atoms with van der Waals surface area (Å²) in [6.45, 7) is 2.12. The summed E-state index contributed by atoms with van der Waals surface area (Å²) in [6, 6.07) is 6.53. The van der Waals surface area contributed by atoms with Gasteiger partial charge in [0.05, 0.1) is 0 Å². The molecule has 1 aromatic carbocycles. The van der Waals surface area contributed by atoms with Gasteiger partial charge in [0.2, 0.25) is 0 Å². The summed E-state index contributed by atoms with van der Waals surface area (Å²) in [5.74, 6) is 0.691. The van der Waals surface area contributed by atoms with Crippen LogP contribution < -0.4 is 5.73 Å². The minimum Gasteiger partial charge on any atom is -0.358 e. The van der Waals surface area contributed by atoms with Crippen LogP contribution in [0.5, 0.6) is 0 Å². The minimum atomic E-state index is 0.197. The Morgan fingerprint density at radius 2 is 2.19 bits per heavy atom. The molecule has 0 radical (unpaired) electrons. The SMILES string of the molecule is Cc1[nH]c2ccc(Br)cc2c1C(N)C1CC1. The van der Waals surface area contributed by atoms with E-state index >= 15 is 0 Å². The van der Waals surface area contributed by atoms with E-state index < -0.39 is 0 Å². The van der Waals surface area contributed by atoms with Crippen molar-refractivity contribution in [2.45, 2.75) is 25.8 Å². The van der Waals surface area contributed by atoms with E-state index in [-0.39, 0.29) is 6.04 Å². The molecule has 16 heavy (non-hydrogen) atoms. The molecule has 3 N–H and O–H groups in total. The van der Waals surface area contributed by atoms with Crippen LogP contribution in [0.2, 0.25) is 0 Å². The van der Waals surface area contributed by atoms with Gasteiger partial charge in [0.15, 0.2) is 0 Å². The molecule has 1 fully saturated rings. The average molecular weight is 279 g/mol. The zero-order valence-corrected chi connectivity index (χ0v) is 10.8. The maximum absolute atomic E-state index is 6.33. The molecule has 1 saturated carbocycles. The van der Waals surface area contributed by atoms with Crippen molar-refractivity contribution in [1.29, 1.82) is 0 Å². The monoisotopic (exact) mass is 278 g/mol. The Labute approximate surface area is 103 Å². The maximum Gasteiger partial charge on any atom is 0.0460 e. The summed E-state index contributed by atoms with van der Waals surface area (Å²) in [5.41, 5.74) is 10.0. The number of fused-ring (bicyclic) bond motifs is 1. The molecular formula is C13H15BrN2. The number of nitrogens with two attached hydrogens (primary N) is 1. The molecule has 0 spiro atoms. The topological polar surface area (TPSA) is 41.8 Å². The summed E-state index contributed by atoms with van der Waals surface area (Å²) >= 11 is 3.52. The fourth-order valence-corrected chi connectivity index (χ4v) is 2.80. The van der Waals surface area contributed by atoms with E-state index in [9.17, 15) is 0 Å². The lowest BCUT2D eigenvalue weighted by atomic mass is 10.00. The Morgan fingerprint density at radius 1 is 1.44 bits per heavy atom. The lowest BCUT2D eigenvalue weighted by molar-refractivity contribution is 0.634. The van der Waals surface area contributed by atoms with Crippen molar-refractivity contribution in [3.8, 4) is 0 Å². The van der Waals surface area contributed by atoms with Gasteiger partial charge >= 0.3 is 0 Å². The number of halogens is 1. The van der Waals surface area contributed by atoms with Crippen molar-refractivity contribution in [2.24, 2.45) is 11.7 Å².